The summed E-state index contributed by atoms with van der Waals surface area (Å²) in [6.07, 6.45) is 3.66. The zero-order valence-electron chi connectivity index (χ0n) is 15.7. The number of primary amides is 1. The van der Waals surface area contributed by atoms with Crippen molar-refractivity contribution in [2.75, 3.05) is 12.4 Å². The number of nitrogens with zero attached hydrogens (tertiary/aromatic N) is 2. The molecule has 1 saturated carbocycles. The first-order valence-corrected chi connectivity index (χ1v) is 9.52. The van der Waals surface area contributed by atoms with E-state index in [9.17, 15) is 18.8 Å². The third kappa shape index (κ3) is 4.56. The molecule has 1 aliphatic rings. The number of anilines is 1. The molecule has 0 saturated heterocycles. The maximum atomic E-state index is 13.1. The molecule has 0 bridgehead atoms. The molecule has 1 aromatic carbocycles. The number of aromatic nitrogens is 2. The number of rotatable bonds is 5. The van der Waals surface area contributed by atoms with Crippen molar-refractivity contribution >= 4 is 35.0 Å². The molecule has 1 heterocycles. The largest absolute Gasteiger partial charge is 0.364 e. The number of halogens is 2. The van der Waals surface area contributed by atoms with Gasteiger partial charge < -0.3 is 20.9 Å². The second-order valence-electron chi connectivity index (χ2n) is 7.03. The van der Waals surface area contributed by atoms with E-state index in [0.717, 1.165) is 6.07 Å². The molecule has 0 unspecified atom stereocenters. The smallest absolute Gasteiger partial charge is 0.272 e. The number of amides is 3. The number of aromatic amines is 1. The summed E-state index contributed by atoms with van der Waals surface area (Å²) in [5.41, 5.74) is 5.58. The standard InChI is InChI=1S/C19H21ClFN5O3/c1-26(19(29)16-15(17(22)27)23-9-24-16)12-5-2-10(3-6-12)18(28)25-14-7-4-11(21)8-13(14)20/h4,7-10,12H,2-3,5-6H2,1H3,(H2,22,27)(H,23,24)(H,25,28). The average molecular weight is 422 g/mol. The minimum atomic E-state index is -0.775. The number of imidazole rings is 1. The number of H-pyrrole nitrogens is 1. The van der Waals surface area contributed by atoms with Gasteiger partial charge in [-0.3, -0.25) is 14.4 Å². The second kappa shape index (κ2) is 8.60. The highest BCUT2D eigenvalue weighted by molar-refractivity contribution is 6.33. The first-order valence-electron chi connectivity index (χ1n) is 9.14. The third-order valence-corrected chi connectivity index (χ3v) is 5.52. The molecule has 0 aliphatic heterocycles. The highest BCUT2D eigenvalue weighted by Gasteiger charge is 2.32. The van der Waals surface area contributed by atoms with Gasteiger partial charge in [-0.1, -0.05) is 11.6 Å². The summed E-state index contributed by atoms with van der Waals surface area (Å²) in [6, 6.07) is 3.72. The van der Waals surface area contributed by atoms with Crippen LogP contribution in [-0.4, -0.2) is 45.7 Å². The first-order chi connectivity index (χ1) is 13.8. The van der Waals surface area contributed by atoms with Crippen molar-refractivity contribution in [3.63, 3.8) is 0 Å². The van der Waals surface area contributed by atoms with Crippen LogP contribution in [0.4, 0.5) is 10.1 Å². The molecule has 2 aromatic rings. The van der Waals surface area contributed by atoms with Gasteiger partial charge in [0.25, 0.3) is 11.8 Å². The lowest BCUT2D eigenvalue weighted by Crippen LogP contribution is -2.41. The molecule has 154 valence electrons. The number of nitrogens with one attached hydrogen (secondary N) is 2. The number of hydrogen-bond donors (Lipinski definition) is 3. The number of nitrogens with two attached hydrogens (primary N) is 1. The monoisotopic (exact) mass is 421 g/mol. The minimum Gasteiger partial charge on any atom is -0.364 e. The fourth-order valence-electron chi connectivity index (χ4n) is 3.54. The summed E-state index contributed by atoms with van der Waals surface area (Å²) in [5.74, 6) is -2.04. The van der Waals surface area contributed by atoms with Gasteiger partial charge in [0.2, 0.25) is 5.91 Å². The van der Waals surface area contributed by atoms with E-state index in [0.29, 0.717) is 31.4 Å². The number of carbonyl (C=O) groups excluding carboxylic acids is 3. The van der Waals surface area contributed by atoms with Crippen molar-refractivity contribution in [2.45, 2.75) is 31.7 Å². The molecule has 8 nitrogen and oxygen atoms in total. The van der Waals surface area contributed by atoms with E-state index >= 15 is 0 Å². The number of hydrogen-bond acceptors (Lipinski definition) is 4. The molecule has 29 heavy (non-hydrogen) atoms. The average Bonchev–Trinajstić information content (AvgIpc) is 3.19. The molecule has 3 rings (SSSR count). The van der Waals surface area contributed by atoms with E-state index in [4.69, 9.17) is 17.3 Å². The van der Waals surface area contributed by atoms with Gasteiger partial charge in [-0.05, 0) is 43.9 Å². The SMILES string of the molecule is CN(C(=O)c1[nH]cnc1C(N)=O)C1CCC(C(=O)Nc2ccc(F)cc2Cl)CC1. The molecule has 0 atom stereocenters. The van der Waals surface area contributed by atoms with Crippen LogP contribution in [0.15, 0.2) is 24.5 Å². The van der Waals surface area contributed by atoms with Crippen LogP contribution in [-0.2, 0) is 4.79 Å². The summed E-state index contributed by atoms with van der Waals surface area (Å²) >= 11 is 5.96. The Labute approximate surface area is 171 Å². The summed E-state index contributed by atoms with van der Waals surface area (Å²) in [4.78, 5) is 44.6. The molecule has 1 aromatic heterocycles. The topological polar surface area (TPSA) is 121 Å². The van der Waals surface area contributed by atoms with Crippen molar-refractivity contribution in [1.82, 2.24) is 14.9 Å². The molecule has 10 heteroatoms. The van der Waals surface area contributed by atoms with E-state index in [2.05, 4.69) is 15.3 Å². The Morgan fingerprint density at radius 2 is 1.97 bits per heavy atom. The fraction of sp³-hybridized carbons (Fsp3) is 0.368. The van der Waals surface area contributed by atoms with Gasteiger partial charge in [0.1, 0.15) is 11.5 Å². The maximum Gasteiger partial charge on any atom is 0.272 e. The van der Waals surface area contributed by atoms with Crippen molar-refractivity contribution in [1.29, 1.82) is 0 Å². The molecule has 0 radical (unpaired) electrons. The van der Waals surface area contributed by atoms with Crippen molar-refractivity contribution in [3.8, 4) is 0 Å². The Balaban J connectivity index is 1.58. The van der Waals surface area contributed by atoms with Crippen LogP contribution in [0.1, 0.15) is 46.7 Å². The number of benzene rings is 1. The van der Waals surface area contributed by atoms with E-state index in [1.807, 2.05) is 0 Å². The van der Waals surface area contributed by atoms with E-state index < -0.39 is 11.7 Å². The second-order valence-corrected chi connectivity index (χ2v) is 7.43. The Bertz CT molecular complexity index is 940. The van der Waals surface area contributed by atoms with E-state index in [-0.39, 0.29) is 40.2 Å². The predicted octanol–water partition coefficient (Wildman–Crippen LogP) is 2.57. The van der Waals surface area contributed by atoms with Crippen LogP contribution in [0.25, 0.3) is 0 Å². The van der Waals surface area contributed by atoms with Crippen LogP contribution >= 0.6 is 11.6 Å². The lowest BCUT2D eigenvalue weighted by Gasteiger charge is -2.34. The van der Waals surface area contributed by atoms with Gasteiger partial charge in [-0.15, -0.1) is 0 Å². The van der Waals surface area contributed by atoms with Crippen molar-refractivity contribution in [2.24, 2.45) is 11.7 Å². The molecular formula is C19H21ClFN5O3. The Morgan fingerprint density at radius 1 is 1.28 bits per heavy atom. The highest BCUT2D eigenvalue weighted by atomic mass is 35.5. The van der Waals surface area contributed by atoms with Gasteiger partial charge in [-0.2, -0.15) is 0 Å². The van der Waals surface area contributed by atoms with Gasteiger partial charge >= 0.3 is 0 Å². The van der Waals surface area contributed by atoms with E-state index in [1.165, 1.54) is 18.5 Å². The van der Waals surface area contributed by atoms with Crippen molar-refractivity contribution in [3.05, 3.63) is 46.8 Å². The molecule has 4 N–H and O–H groups in total. The fourth-order valence-corrected chi connectivity index (χ4v) is 3.75. The Kier molecular flexibility index (Phi) is 6.17. The summed E-state index contributed by atoms with van der Waals surface area (Å²) in [5, 5.41) is 2.87. The van der Waals surface area contributed by atoms with Gasteiger partial charge in [-0.25, -0.2) is 9.37 Å². The van der Waals surface area contributed by atoms with E-state index in [1.54, 1.807) is 11.9 Å². The van der Waals surface area contributed by atoms with Gasteiger partial charge in [0.05, 0.1) is 17.0 Å². The molecule has 3 amide bonds. The molecular weight excluding hydrogens is 401 g/mol. The number of carbonyl (C=O) groups is 3. The highest BCUT2D eigenvalue weighted by Crippen LogP contribution is 2.30. The zero-order chi connectivity index (χ0) is 21.1. The lowest BCUT2D eigenvalue weighted by atomic mass is 9.84. The lowest BCUT2D eigenvalue weighted by molar-refractivity contribution is -0.121. The Morgan fingerprint density at radius 3 is 2.59 bits per heavy atom. The quantitative estimate of drug-likeness (QED) is 0.686. The minimum absolute atomic E-state index is 0.0609. The van der Waals surface area contributed by atoms with Crippen molar-refractivity contribution < 1.29 is 18.8 Å². The summed E-state index contributed by atoms with van der Waals surface area (Å²) in [6.45, 7) is 0. The van der Waals surface area contributed by atoms with Crippen LogP contribution in [0.5, 0.6) is 0 Å². The van der Waals surface area contributed by atoms with Gasteiger partial charge in [0.15, 0.2) is 5.69 Å². The normalized spacial score (nSPS) is 18.9. The van der Waals surface area contributed by atoms with Crippen LogP contribution in [0, 0.1) is 11.7 Å². The molecule has 1 aliphatic carbocycles. The van der Waals surface area contributed by atoms with Crippen LogP contribution < -0.4 is 11.1 Å². The molecule has 0 spiro atoms. The summed E-state index contributed by atoms with van der Waals surface area (Å²) in [7, 11) is 1.65. The van der Waals surface area contributed by atoms with Crippen LogP contribution in [0.2, 0.25) is 5.02 Å². The van der Waals surface area contributed by atoms with Gasteiger partial charge in [0, 0.05) is 19.0 Å². The first kappa shape index (κ1) is 20.8. The Hall–Kier alpha value is -2.94. The predicted molar refractivity (Wildman–Crippen MR) is 105 cm³/mol. The zero-order valence-corrected chi connectivity index (χ0v) is 16.5. The summed E-state index contributed by atoms with van der Waals surface area (Å²) < 4.78 is 13.1. The maximum absolute atomic E-state index is 13.1. The molecule has 1 fully saturated rings. The van der Waals surface area contributed by atoms with Crippen LogP contribution in [0.3, 0.4) is 0 Å². The third-order valence-electron chi connectivity index (χ3n) is 5.21.